The van der Waals surface area contributed by atoms with Crippen LogP contribution in [0.2, 0.25) is 0 Å². The highest BCUT2D eigenvalue weighted by Gasteiger charge is 2.34. The Balaban J connectivity index is 1.73. The zero-order valence-corrected chi connectivity index (χ0v) is 14.8. The Morgan fingerprint density at radius 2 is 2.08 bits per heavy atom. The summed E-state index contributed by atoms with van der Waals surface area (Å²) in [5, 5.41) is 2.89. The zero-order chi connectivity index (χ0) is 18.0. The number of aromatic nitrogens is 3. The van der Waals surface area contributed by atoms with Crippen LogP contribution >= 0.6 is 0 Å². The van der Waals surface area contributed by atoms with Gasteiger partial charge < -0.3 is 10.2 Å². The first-order valence-electron chi connectivity index (χ1n) is 8.54. The maximum atomic E-state index is 12.7. The molecule has 0 unspecified atom stereocenters. The number of likely N-dealkylation sites (tertiary alicyclic amines) is 1. The molecule has 7 heteroatoms. The van der Waals surface area contributed by atoms with Crippen molar-refractivity contribution in [2.75, 3.05) is 11.9 Å². The fourth-order valence-corrected chi connectivity index (χ4v) is 3.21. The third-order valence-corrected chi connectivity index (χ3v) is 4.43. The minimum Gasteiger partial charge on any atom is -0.330 e. The van der Waals surface area contributed by atoms with Gasteiger partial charge in [-0.15, -0.1) is 0 Å². The number of rotatable bonds is 5. The molecule has 2 aromatic heterocycles. The highest BCUT2D eigenvalue weighted by molar-refractivity contribution is 5.97. The average Bonchev–Trinajstić information content (AvgIpc) is 3.17. The maximum Gasteiger partial charge on any atom is 0.247 e. The number of pyridine rings is 1. The van der Waals surface area contributed by atoms with E-state index in [4.69, 9.17) is 0 Å². The smallest absolute Gasteiger partial charge is 0.247 e. The lowest BCUT2D eigenvalue weighted by atomic mass is 10.0. The first-order chi connectivity index (χ1) is 12.0. The third kappa shape index (κ3) is 3.55. The lowest BCUT2D eigenvalue weighted by Crippen LogP contribution is -2.47. The number of nitrogens with one attached hydrogen (secondary N) is 1. The van der Waals surface area contributed by atoms with E-state index >= 15 is 0 Å². The van der Waals surface area contributed by atoms with Gasteiger partial charge >= 0.3 is 0 Å². The maximum absolute atomic E-state index is 12.7. The lowest BCUT2D eigenvalue weighted by Gasteiger charge is -2.29. The van der Waals surface area contributed by atoms with Crippen molar-refractivity contribution in [3.05, 3.63) is 36.5 Å². The number of carbonyl (C=O) groups is 2. The summed E-state index contributed by atoms with van der Waals surface area (Å²) in [4.78, 5) is 35.0. The second-order valence-corrected chi connectivity index (χ2v) is 6.62. The van der Waals surface area contributed by atoms with Gasteiger partial charge in [-0.1, -0.05) is 13.8 Å². The van der Waals surface area contributed by atoms with Crippen molar-refractivity contribution in [2.45, 2.75) is 39.7 Å². The molecule has 0 aliphatic carbocycles. The van der Waals surface area contributed by atoms with Crippen LogP contribution < -0.4 is 5.32 Å². The molecule has 25 heavy (non-hydrogen) atoms. The van der Waals surface area contributed by atoms with Crippen LogP contribution in [0.15, 0.2) is 30.7 Å². The summed E-state index contributed by atoms with van der Waals surface area (Å²) in [5.41, 5.74) is 0.615. The molecule has 0 radical (unpaired) electrons. The van der Waals surface area contributed by atoms with Crippen molar-refractivity contribution in [1.29, 1.82) is 0 Å². The molecule has 0 aromatic carbocycles. The van der Waals surface area contributed by atoms with Crippen molar-refractivity contribution in [2.24, 2.45) is 5.92 Å². The Morgan fingerprint density at radius 3 is 2.60 bits per heavy atom. The monoisotopic (exact) mass is 341 g/mol. The van der Waals surface area contributed by atoms with E-state index in [1.54, 1.807) is 17.3 Å². The molecule has 1 saturated heterocycles. The van der Waals surface area contributed by atoms with E-state index < -0.39 is 6.04 Å². The standard InChI is InChI=1S/C18H23N5O2/c1-12(2)17(23-9-4-5-16(23)24)18(25)21-14-6-7-15(20-11-14)22-10-8-19-13(22)3/h6-8,10-12,17H,4-5,9H2,1-3H3,(H,21,25)/t17-/m1/s1. The Hall–Kier alpha value is -2.70. The number of nitrogens with zero attached hydrogens (tertiary/aromatic N) is 4. The lowest BCUT2D eigenvalue weighted by molar-refractivity contribution is -0.136. The van der Waals surface area contributed by atoms with Crippen LogP contribution in [0, 0.1) is 12.8 Å². The molecule has 2 amide bonds. The van der Waals surface area contributed by atoms with Crippen LogP contribution in [0.4, 0.5) is 5.69 Å². The Morgan fingerprint density at radius 1 is 1.28 bits per heavy atom. The second-order valence-electron chi connectivity index (χ2n) is 6.62. The summed E-state index contributed by atoms with van der Waals surface area (Å²) < 4.78 is 1.87. The van der Waals surface area contributed by atoms with Crippen molar-refractivity contribution in [3.8, 4) is 5.82 Å². The highest BCUT2D eigenvalue weighted by atomic mass is 16.2. The van der Waals surface area contributed by atoms with Gasteiger partial charge in [0.05, 0.1) is 11.9 Å². The molecule has 3 rings (SSSR count). The number of imidazole rings is 1. The summed E-state index contributed by atoms with van der Waals surface area (Å²) >= 11 is 0. The van der Waals surface area contributed by atoms with Crippen molar-refractivity contribution >= 4 is 17.5 Å². The van der Waals surface area contributed by atoms with E-state index in [0.717, 1.165) is 18.1 Å². The van der Waals surface area contributed by atoms with Crippen molar-refractivity contribution in [1.82, 2.24) is 19.4 Å². The Kier molecular flexibility index (Phi) is 4.83. The number of carbonyl (C=O) groups excluding carboxylic acids is 2. The predicted octanol–water partition coefficient (Wildman–Crippen LogP) is 2.16. The van der Waals surface area contributed by atoms with E-state index in [0.29, 0.717) is 18.7 Å². The van der Waals surface area contributed by atoms with Gasteiger partial charge in [0, 0.05) is 25.4 Å². The summed E-state index contributed by atoms with van der Waals surface area (Å²) in [5.74, 6) is 1.51. The van der Waals surface area contributed by atoms with E-state index in [1.165, 1.54) is 0 Å². The van der Waals surface area contributed by atoms with Crippen LogP contribution in [0.3, 0.4) is 0 Å². The van der Waals surface area contributed by atoms with Gasteiger partial charge in [-0.25, -0.2) is 9.97 Å². The van der Waals surface area contributed by atoms with Gasteiger partial charge in [-0.3, -0.25) is 14.2 Å². The van der Waals surface area contributed by atoms with Crippen LogP contribution in [0.5, 0.6) is 0 Å². The van der Waals surface area contributed by atoms with E-state index in [-0.39, 0.29) is 17.7 Å². The van der Waals surface area contributed by atoms with Crippen LogP contribution in [-0.2, 0) is 9.59 Å². The molecule has 1 aliphatic heterocycles. The molecule has 0 bridgehead atoms. The number of anilines is 1. The fraction of sp³-hybridized carbons (Fsp3) is 0.444. The van der Waals surface area contributed by atoms with E-state index in [2.05, 4.69) is 15.3 Å². The summed E-state index contributed by atoms with van der Waals surface area (Å²) in [6.45, 7) is 6.46. The quantitative estimate of drug-likeness (QED) is 0.904. The topological polar surface area (TPSA) is 80.1 Å². The highest BCUT2D eigenvalue weighted by Crippen LogP contribution is 2.21. The number of hydrogen-bond acceptors (Lipinski definition) is 4. The molecule has 1 N–H and O–H groups in total. The number of aryl methyl sites for hydroxylation is 1. The van der Waals surface area contributed by atoms with Gasteiger partial charge in [0.1, 0.15) is 17.7 Å². The predicted molar refractivity (Wildman–Crippen MR) is 94.3 cm³/mol. The molecule has 1 fully saturated rings. The summed E-state index contributed by atoms with van der Waals surface area (Å²) in [7, 11) is 0. The molecule has 3 heterocycles. The number of hydrogen-bond donors (Lipinski definition) is 1. The van der Waals surface area contributed by atoms with Gasteiger partial charge in [-0.2, -0.15) is 0 Å². The largest absolute Gasteiger partial charge is 0.330 e. The second kappa shape index (κ2) is 7.04. The van der Waals surface area contributed by atoms with E-state index in [1.807, 2.05) is 43.7 Å². The number of amides is 2. The molecule has 1 atom stereocenters. The first-order valence-corrected chi connectivity index (χ1v) is 8.54. The SMILES string of the molecule is Cc1nccn1-c1ccc(NC(=O)[C@@H](C(C)C)N2CCCC2=O)cn1. The third-order valence-electron chi connectivity index (χ3n) is 4.43. The minimum absolute atomic E-state index is 0.0443. The van der Waals surface area contributed by atoms with Crippen molar-refractivity contribution in [3.63, 3.8) is 0 Å². The molecule has 0 spiro atoms. The first kappa shape index (κ1) is 17.1. The van der Waals surface area contributed by atoms with Gasteiger partial charge in [0.2, 0.25) is 11.8 Å². The zero-order valence-electron chi connectivity index (χ0n) is 14.8. The summed E-state index contributed by atoms with van der Waals surface area (Å²) in [6, 6.07) is 3.18. The fourth-order valence-electron chi connectivity index (χ4n) is 3.21. The van der Waals surface area contributed by atoms with Gasteiger partial charge in [-0.05, 0) is 31.4 Å². The normalized spacial score (nSPS) is 15.7. The molecular weight excluding hydrogens is 318 g/mol. The summed E-state index contributed by atoms with van der Waals surface area (Å²) in [6.07, 6.45) is 6.51. The van der Waals surface area contributed by atoms with E-state index in [9.17, 15) is 9.59 Å². The van der Waals surface area contributed by atoms with Crippen molar-refractivity contribution < 1.29 is 9.59 Å². The molecule has 1 aliphatic rings. The van der Waals surface area contributed by atoms with Crippen LogP contribution in [0.25, 0.3) is 5.82 Å². The molecule has 2 aromatic rings. The Labute approximate surface area is 147 Å². The minimum atomic E-state index is -0.453. The molecule has 132 valence electrons. The van der Waals surface area contributed by atoms with Crippen LogP contribution in [-0.4, -0.2) is 43.8 Å². The van der Waals surface area contributed by atoms with Gasteiger partial charge in [0.15, 0.2) is 0 Å². The molecule has 7 nitrogen and oxygen atoms in total. The molecular formula is C18H23N5O2. The average molecular weight is 341 g/mol. The van der Waals surface area contributed by atoms with Crippen LogP contribution in [0.1, 0.15) is 32.5 Å². The Bertz CT molecular complexity index is 766. The van der Waals surface area contributed by atoms with Gasteiger partial charge in [0.25, 0.3) is 0 Å². The molecule has 0 saturated carbocycles.